The van der Waals surface area contributed by atoms with E-state index in [1.807, 2.05) is 31.2 Å². The van der Waals surface area contributed by atoms with Crippen molar-refractivity contribution in [3.05, 3.63) is 72.2 Å². The third-order valence-electron chi connectivity index (χ3n) is 4.21. The number of amides is 1. The summed E-state index contributed by atoms with van der Waals surface area (Å²) in [5, 5.41) is 11.1. The van der Waals surface area contributed by atoms with E-state index >= 15 is 0 Å². The number of furan rings is 1. The van der Waals surface area contributed by atoms with Gasteiger partial charge in [-0.1, -0.05) is 54.2 Å². The van der Waals surface area contributed by atoms with E-state index < -0.39 is 0 Å². The quantitative estimate of drug-likeness (QED) is 0.513. The summed E-state index contributed by atoms with van der Waals surface area (Å²) in [5.41, 5.74) is 1.09. The first-order chi connectivity index (χ1) is 12.7. The molecule has 1 fully saturated rings. The Labute approximate surface area is 155 Å². The third kappa shape index (κ3) is 3.28. The number of amidine groups is 1. The summed E-state index contributed by atoms with van der Waals surface area (Å²) in [7, 11) is 0. The largest absolute Gasteiger partial charge is 0.463 e. The lowest BCUT2D eigenvalue weighted by atomic mass is 10.0. The predicted octanol–water partition coefficient (Wildman–Crippen LogP) is 4.29. The molecule has 0 spiro atoms. The molecule has 0 radical (unpaired) electrons. The molecule has 0 saturated carbocycles. The number of carbonyl (C=O) groups excluding carboxylic acids is 1. The van der Waals surface area contributed by atoms with Gasteiger partial charge in [-0.25, -0.2) is 0 Å². The van der Waals surface area contributed by atoms with Gasteiger partial charge in [0.05, 0.1) is 24.3 Å². The maximum atomic E-state index is 12.6. The van der Waals surface area contributed by atoms with E-state index in [9.17, 15) is 4.79 Å². The molecule has 1 aliphatic rings. The van der Waals surface area contributed by atoms with Crippen molar-refractivity contribution >= 4 is 39.8 Å². The summed E-state index contributed by atoms with van der Waals surface area (Å²) in [6.07, 6.45) is 3.12. The highest BCUT2D eigenvalue weighted by Gasteiger charge is 2.35. The van der Waals surface area contributed by atoms with Gasteiger partial charge in [-0.15, -0.1) is 5.10 Å². The van der Waals surface area contributed by atoms with Crippen LogP contribution in [0, 0.1) is 0 Å². The van der Waals surface area contributed by atoms with E-state index in [4.69, 9.17) is 4.42 Å². The molecule has 0 aliphatic carbocycles. The molecule has 5 nitrogen and oxygen atoms in total. The summed E-state index contributed by atoms with van der Waals surface area (Å²) < 4.78 is 5.21. The van der Waals surface area contributed by atoms with Gasteiger partial charge in [0, 0.05) is 0 Å². The van der Waals surface area contributed by atoms with Gasteiger partial charge in [-0.3, -0.25) is 9.69 Å². The molecule has 0 bridgehead atoms. The molecule has 0 unspecified atom stereocenters. The maximum Gasteiger partial charge on any atom is 0.242 e. The lowest BCUT2D eigenvalue weighted by molar-refractivity contribution is -0.126. The smallest absolute Gasteiger partial charge is 0.242 e. The topological polar surface area (TPSA) is 58.2 Å². The molecule has 6 heteroatoms. The average Bonchev–Trinajstić information content (AvgIpc) is 3.26. The van der Waals surface area contributed by atoms with Crippen molar-refractivity contribution in [2.45, 2.75) is 18.7 Å². The highest BCUT2D eigenvalue weighted by atomic mass is 32.2. The van der Waals surface area contributed by atoms with E-state index in [1.54, 1.807) is 23.3 Å². The number of rotatable bonds is 4. The summed E-state index contributed by atoms with van der Waals surface area (Å²) >= 11 is 1.43. The van der Waals surface area contributed by atoms with Crippen LogP contribution >= 0.6 is 11.8 Å². The molecular formula is C20H17N3O2S. The van der Waals surface area contributed by atoms with Crippen LogP contribution in [-0.2, 0) is 11.3 Å². The molecule has 1 aromatic heterocycles. The fourth-order valence-electron chi connectivity index (χ4n) is 2.91. The fourth-order valence-corrected chi connectivity index (χ4v) is 3.83. The van der Waals surface area contributed by atoms with Gasteiger partial charge in [-0.05, 0) is 35.4 Å². The van der Waals surface area contributed by atoms with Crippen LogP contribution in [0.25, 0.3) is 10.8 Å². The predicted molar refractivity (Wildman–Crippen MR) is 105 cm³/mol. The Morgan fingerprint density at radius 2 is 2.00 bits per heavy atom. The number of carbonyl (C=O) groups is 1. The zero-order valence-electron chi connectivity index (χ0n) is 14.2. The lowest BCUT2D eigenvalue weighted by Crippen LogP contribution is -2.30. The third-order valence-corrected chi connectivity index (χ3v) is 5.27. The van der Waals surface area contributed by atoms with Crippen molar-refractivity contribution in [2.24, 2.45) is 10.2 Å². The van der Waals surface area contributed by atoms with Crippen LogP contribution in [0.4, 0.5) is 0 Å². The van der Waals surface area contributed by atoms with Crippen molar-refractivity contribution in [3.63, 3.8) is 0 Å². The minimum absolute atomic E-state index is 0.0508. The first kappa shape index (κ1) is 16.6. The van der Waals surface area contributed by atoms with Crippen molar-refractivity contribution < 1.29 is 9.21 Å². The molecule has 3 aromatic rings. The van der Waals surface area contributed by atoms with E-state index in [0.717, 1.165) is 16.3 Å². The minimum Gasteiger partial charge on any atom is -0.463 e. The molecule has 1 atom stereocenters. The van der Waals surface area contributed by atoms with Gasteiger partial charge in [0.25, 0.3) is 0 Å². The van der Waals surface area contributed by atoms with Crippen LogP contribution in [0.2, 0.25) is 0 Å². The molecule has 0 N–H and O–H groups in total. The molecular weight excluding hydrogens is 346 g/mol. The molecule has 2 aromatic carbocycles. The number of fused-ring (bicyclic) bond motifs is 1. The molecule has 1 aliphatic heterocycles. The Hall–Kier alpha value is -2.86. The van der Waals surface area contributed by atoms with E-state index in [2.05, 4.69) is 28.4 Å². The standard InChI is InChI=1S/C20H17N3O2S/c1-14-19(24)23(20(26-14)22-21-12-17-9-5-11-25-17)13-16-8-4-7-15-6-2-3-10-18(15)16/h2-12,14H,13H2,1H3/b21-12-,22-20+/t14-/m0/s1. The second-order valence-corrected chi connectivity index (χ2v) is 7.27. The first-order valence-electron chi connectivity index (χ1n) is 8.31. The van der Waals surface area contributed by atoms with E-state index in [-0.39, 0.29) is 11.2 Å². The zero-order valence-corrected chi connectivity index (χ0v) is 15.0. The highest BCUT2D eigenvalue weighted by molar-refractivity contribution is 8.15. The van der Waals surface area contributed by atoms with Crippen LogP contribution in [0.5, 0.6) is 0 Å². The molecule has 4 rings (SSSR count). The number of nitrogens with zero attached hydrogens (tertiary/aromatic N) is 3. The van der Waals surface area contributed by atoms with Crippen molar-refractivity contribution in [3.8, 4) is 0 Å². The normalized spacial score (nSPS) is 19.3. The summed E-state index contributed by atoms with van der Waals surface area (Å²) in [6, 6.07) is 17.9. The maximum absolute atomic E-state index is 12.6. The van der Waals surface area contributed by atoms with Crippen LogP contribution in [0.3, 0.4) is 0 Å². The number of hydrogen-bond donors (Lipinski definition) is 0. The fraction of sp³-hybridized carbons (Fsp3) is 0.150. The number of hydrogen-bond acceptors (Lipinski definition) is 5. The Bertz CT molecular complexity index is 990. The van der Waals surface area contributed by atoms with Crippen molar-refractivity contribution in [1.29, 1.82) is 0 Å². The average molecular weight is 363 g/mol. The van der Waals surface area contributed by atoms with Gasteiger partial charge in [-0.2, -0.15) is 5.10 Å². The highest BCUT2D eigenvalue weighted by Crippen LogP contribution is 2.30. The van der Waals surface area contributed by atoms with Crippen LogP contribution in [0.15, 0.2) is 75.5 Å². The molecule has 1 amide bonds. The van der Waals surface area contributed by atoms with Gasteiger partial charge >= 0.3 is 0 Å². The van der Waals surface area contributed by atoms with Crippen molar-refractivity contribution in [1.82, 2.24) is 4.90 Å². The van der Waals surface area contributed by atoms with Crippen LogP contribution in [-0.4, -0.2) is 27.4 Å². The molecule has 1 saturated heterocycles. The summed E-state index contributed by atoms with van der Waals surface area (Å²) in [6.45, 7) is 2.37. The molecule has 130 valence electrons. The van der Waals surface area contributed by atoms with Gasteiger partial charge in [0.2, 0.25) is 5.91 Å². The van der Waals surface area contributed by atoms with Gasteiger partial charge < -0.3 is 4.42 Å². The zero-order chi connectivity index (χ0) is 17.9. The summed E-state index contributed by atoms with van der Waals surface area (Å²) in [4.78, 5) is 14.3. The van der Waals surface area contributed by atoms with Crippen LogP contribution < -0.4 is 0 Å². The van der Waals surface area contributed by atoms with Crippen LogP contribution in [0.1, 0.15) is 18.2 Å². The first-order valence-corrected chi connectivity index (χ1v) is 9.19. The van der Waals surface area contributed by atoms with Crippen molar-refractivity contribution in [2.75, 3.05) is 0 Å². The Morgan fingerprint density at radius 1 is 1.15 bits per heavy atom. The lowest BCUT2D eigenvalue weighted by Gasteiger charge is -2.17. The van der Waals surface area contributed by atoms with Gasteiger partial charge in [0.1, 0.15) is 5.76 Å². The molecule has 26 heavy (non-hydrogen) atoms. The number of thioether (sulfide) groups is 1. The van der Waals surface area contributed by atoms with E-state index in [1.165, 1.54) is 18.0 Å². The van der Waals surface area contributed by atoms with E-state index in [0.29, 0.717) is 17.5 Å². The second kappa shape index (κ2) is 7.17. The Balaban J connectivity index is 1.63. The summed E-state index contributed by atoms with van der Waals surface area (Å²) in [5.74, 6) is 0.673. The Kier molecular flexibility index (Phi) is 4.58. The van der Waals surface area contributed by atoms with Gasteiger partial charge in [0.15, 0.2) is 5.17 Å². The minimum atomic E-state index is -0.164. The monoisotopic (exact) mass is 363 g/mol. The SMILES string of the molecule is C[C@@H]1S/C(=N/N=C\c2ccco2)N(Cc2cccc3ccccc23)C1=O. The Morgan fingerprint density at radius 3 is 2.85 bits per heavy atom. The molecule has 2 heterocycles. The second-order valence-electron chi connectivity index (χ2n) is 5.97. The number of benzene rings is 2.